The van der Waals surface area contributed by atoms with E-state index < -0.39 is 18.2 Å². The number of rotatable bonds is 6. The van der Waals surface area contributed by atoms with Crippen molar-refractivity contribution in [3.05, 3.63) is 0 Å². The SMILES string of the molecule is CC[SiH2]N([SiH](C)N(C)C)[SiH](C)N(C)C. The zero-order chi connectivity index (χ0) is 11.3. The molecule has 0 heterocycles. The van der Waals surface area contributed by atoms with E-state index in [0.717, 1.165) is 0 Å². The highest BCUT2D eigenvalue weighted by Gasteiger charge is 2.24. The van der Waals surface area contributed by atoms with Crippen LogP contribution in [0.4, 0.5) is 0 Å². The molecular weight excluding hydrogens is 222 g/mol. The van der Waals surface area contributed by atoms with E-state index in [1.165, 1.54) is 6.04 Å². The zero-order valence-corrected chi connectivity index (χ0v) is 14.6. The molecule has 3 nitrogen and oxygen atoms in total. The molecule has 0 radical (unpaired) electrons. The Kier molecular flexibility index (Phi) is 7.18. The van der Waals surface area contributed by atoms with Gasteiger partial charge >= 0.3 is 0 Å². The van der Waals surface area contributed by atoms with Gasteiger partial charge in [0.25, 0.3) is 0 Å². The van der Waals surface area contributed by atoms with E-state index in [4.69, 9.17) is 0 Å². The molecule has 0 aliphatic rings. The van der Waals surface area contributed by atoms with Gasteiger partial charge < -0.3 is 13.0 Å². The fraction of sp³-hybridized carbons (Fsp3) is 1.00. The van der Waals surface area contributed by atoms with Gasteiger partial charge in [-0.25, -0.2) is 0 Å². The quantitative estimate of drug-likeness (QED) is 0.595. The first kappa shape index (κ1) is 14.5. The Morgan fingerprint density at radius 3 is 1.50 bits per heavy atom. The van der Waals surface area contributed by atoms with Gasteiger partial charge in [-0.1, -0.05) is 13.0 Å². The van der Waals surface area contributed by atoms with Gasteiger partial charge in [-0.2, -0.15) is 0 Å². The molecule has 0 aliphatic carbocycles. The van der Waals surface area contributed by atoms with Gasteiger partial charge in [0, 0.05) is 0 Å². The maximum atomic E-state index is 2.93. The van der Waals surface area contributed by atoms with Crippen LogP contribution in [0, 0.1) is 0 Å². The van der Waals surface area contributed by atoms with Crippen LogP contribution in [0.25, 0.3) is 0 Å². The number of nitrogens with zero attached hydrogens (tertiary/aromatic N) is 3. The van der Waals surface area contributed by atoms with Crippen molar-refractivity contribution in [3.8, 4) is 0 Å². The third kappa shape index (κ3) is 4.37. The van der Waals surface area contributed by atoms with Crippen molar-refractivity contribution in [2.24, 2.45) is 0 Å². The standard InChI is InChI=1S/C8H27N3Si3/c1-8-12-11(13(6)9(2)3)14(7)10(4)5/h13-14H,8,12H2,1-7H3. The van der Waals surface area contributed by atoms with Gasteiger partial charge in [0.2, 0.25) is 0 Å². The molecule has 0 N–H and O–H groups in total. The summed E-state index contributed by atoms with van der Waals surface area (Å²) in [6, 6.07) is 1.41. The molecule has 0 aromatic carbocycles. The van der Waals surface area contributed by atoms with E-state index >= 15 is 0 Å². The van der Waals surface area contributed by atoms with Crippen molar-refractivity contribution in [2.45, 2.75) is 26.1 Å². The Balaban J connectivity index is 4.41. The summed E-state index contributed by atoms with van der Waals surface area (Å²) < 4.78 is 7.87. The molecular formula is C8H27N3Si3. The van der Waals surface area contributed by atoms with Crippen molar-refractivity contribution < 1.29 is 0 Å². The lowest BCUT2D eigenvalue weighted by molar-refractivity contribution is 0.569. The zero-order valence-electron chi connectivity index (χ0n) is 10.9. The fourth-order valence-corrected chi connectivity index (χ4v) is 13.8. The number of hydrogen-bond acceptors (Lipinski definition) is 3. The summed E-state index contributed by atoms with van der Waals surface area (Å²) in [5.74, 6) is 0. The second kappa shape index (κ2) is 6.91. The van der Waals surface area contributed by atoms with E-state index in [2.05, 4.69) is 61.2 Å². The molecule has 0 saturated carbocycles. The molecule has 14 heavy (non-hydrogen) atoms. The van der Waals surface area contributed by atoms with Crippen LogP contribution in [0.3, 0.4) is 0 Å². The highest BCUT2D eigenvalue weighted by molar-refractivity contribution is 6.78. The van der Waals surface area contributed by atoms with Gasteiger partial charge in [0.1, 0.15) is 0 Å². The van der Waals surface area contributed by atoms with E-state index in [-0.39, 0.29) is 9.68 Å². The van der Waals surface area contributed by atoms with Gasteiger partial charge in [0.05, 0.1) is 9.68 Å². The summed E-state index contributed by atoms with van der Waals surface area (Å²) in [7, 11) is 7.44. The molecule has 2 atom stereocenters. The normalized spacial score (nSPS) is 17.6. The van der Waals surface area contributed by atoms with Crippen molar-refractivity contribution in [2.75, 3.05) is 28.2 Å². The first-order chi connectivity index (χ1) is 6.41. The van der Waals surface area contributed by atoms with Crippen molar-refractivity contribution in [3.63, 3.8) is 0 Å². The number of hydrogen-bond donors (Lipinski definition) is 0. The molecule has 0 rings (SSSR count). The predicted octanol–water partition coefficient (Wildman–Crippen LogP) is -0.366. The smallest absolute Gasteiger partial charge is 0.173 e. The fourth-order valence-electron chi connectivity index (χ4n) is 1.54. The molecule has 0 saturated heterocycles. The van der Waals surface area contributed by atoms with Crippen LogP contribution >= 0.6 is 0 Å². The van der Waals surface area contributed by atoms with Gasteiger partial charge in [-0.05, 0) is 41.3 Å². The van der Waals surface area contributed by atoms with Crippen LogP contribution in [0.15, 0.2) is 0 Å². The van der Waals surface area contributed by atoms with E-state index in [0.29, 0.717) is 0 Å². The van der Waals surface area contributed by atoms with Gasteiger partial charge in [-0.3, -0.25) is 0 Å². The molecule has 0 bridgehead atoms. The Morgan fingerprint density at radius 2 is 1.29 bits per heavy atom. The summed E-state index contributed by atoms with van der Waals surface area (Å²) >= 11 is 0. The van der Waals surface area contributed by atoms with Gasteiger partial charge in [0.15, 0.2) is 18.2 Å². The summed E-state index contributed by atoms with van der Waals surface area (Å²) in [6.45, 7) is 7.28. The van der Waals surface area contributed by atoms with Crippen LogP contribution in [0.1, 0.15) is 6.92 Å². The first-order valence-electron chi connectivity index (χ1n) is 5.50. The monoisotopic (exact) mass is 249 g/mol. The Morgan fingerprint density at radius 1 is 0.929 bits per heavy atom. The van der Waals surface area contributed by atoms with Crippen molar-refractivity contribution in [1.82, 2.24) is 13.0 Å². The molecule has 0 aromatic heterocycles. The minimum absolute atomic E-state index is 0.0286. The lowest BCUT2D eigenvalue weighted by Crippen LogP contribution is -2.59. The third-order valence-corrected chi connectivity index (χ3v) is 16.1. The Hall–Kier alpha value is 0.531. The topological polar surface area (TPSA) is 9.72 Å². The third-order valence-electron chi connectivity index (χ3n) is 2.94. The predicted molar refractivity (Wildman–Crippen MR) is 74.3 cm³/mol. The minimum Gasteiger partial charge on any atom is -0.354 e. The van der Waals surface area contributed by atoms with Crippen LogP contribution in [0.2, 0.25) is 19.1 Å². The summed E-state index contributed by atoms with van der Waals surface area (Å²) in [6.07, 6.45) is 0. The van der Waals surface area contributed by atoms with Crippen LogP contribution in [0.5, 0.6) is 0 Å². The van der Waals surface area contributed by atoms with Gasteiger partial charge in [-0.15, -0.1) is 0 Å². The molecule has 0 aromatic rings. The van der Waals surface area contributed by atoms with Crippen molar-refractivity contribution >= 4 is 27.9 Å². The first-order valence-corrected chi connectivity index (χ1v) is 11.5. The average Bonchev–Trinajstić information content (AvgIpc) is 2.11. The second-order valence-electron chi connectivity index (χ2n) is 4.43. The minimum atomic E-state index is -0.774. The summed E-state index contributed by atoms with van der Waals surface area (Å²) in [5, 5.41) is 0. The molecule has 6 heteroatoms. The Labute approximate surface area is 95.5 Å². The molecule has 0 spiro atoms. The Bertz CT molecular complexity index is 141. The van der Waals surface area contributed by atoms with Crippen molar-refractivity contribution in [1.29, 1.82) is 0 Å². The molecule has 0 amide bonds. The highest BCUT2D eigenvalue weighted by Crippen LogP contribution is 2.03. The molecule has 0 aliphatic heterocycles. The van der Waals surface area contributed by atoms with Crippen LogP contribution < -0.4 is 0 Å². The average molecular weight is 250 g/mol. The maximum Gasteiger partial charge on any atom is 0.173 e. The molecule has 0 fully saturated rings. The summed E-state index contributed by atoms with van der Waals surface area (Å²) in [5.41, 5.74) is 0. The molecule has 2 unspecified atom stereocenters. The second-order valence-corrected chi connectivity index (χ2v) is 14.6. The van der Waals surface area contributed by atoms with Crippen LogP contribution in [-0.4, -0.2) is 69.1 Å². The largest absolute Gasteiger partial charge is 0.354 e. The lowest BCUT2D eigenvalue weighted by atomic mass is 11.0. The lowest BCUT2D eigenvalue weighted by Gasteiger charge is -2.39. The van der Waals surface area contributed by atoms with E-state index in [1.807, 2.05) is 0 Å². The van der Waals surface area contributed by atoms with Crippen LogP contribution in [-0.2, 0) is 0 Å². The molecule has 86 valence electrons. The maximum absolute atomic E-state index is 2.93. The summed E-state index contributed by atoms with van der Waals surface area (Å²) in [4.78, 5) is 0. The van der Waals surface area contributed by atoms with E-state index in [9.17, 15) is 0 Å². The van der Waals surface area contributed by atoms with E-state index in [1.54, 1.807) is 0 Å². The highest BCUT2D eigenvalue weighted by atomic mass is 28.4.